The van der Waals surface area contributed by atoms with Crippen LogP contribution in [0.15, 0.2) is 29.3 Å². The van der Waals surface area contributed by atoms with E-state index in [9.17, 15) is 4.79 Å². The van der Waals surface area contributed by atoms with Crippen molar-refractivity contribution in [3.05, 3.63) is 34.9 Å². The van der Waals surface area contributed by atoms with Crippen LogP contribution in [0.2, 0.25) is 5.02 Å². The van der Waals surface area contributed by atoms with Crippen molar-refractivity contribution < 1.29 is 9.53 Å². The lowest BCUT2D eigenvalue weighted by molar-refractivity contribution is -0.129. The standard InChI is InChI=1S/C22H33ClN4O2/c1-3-20(28)27-11-8-19(15-27)26-21(24-4-2)25-16-22(9-12-29-13-10-22)17-6-5-7-18(23)14-17/h5-7,14,19H,3-4,8-13,15-16H2,1-2H3,(H2,24,25,26). The van der Waals surface area contributed by atoms with E-state index in [1.807, 2.05) is 24.0 Å². The molecule has 0 bridgehead atoms. The summed E-state index contributed by atoms with van der Waals surface area (Å²) in [5.74, 6) is 1.04. The van der Waals surface area contributed by atoms with Gasteiger partial charge in [-0.25, -0.2) is 0 Å². The summed E-state index contributed by atoms with van der Waals surface area (Å²) in [5.41, 5.74) is 1.17. The number of guanidine groups is 1. The molecular weight excluding hydrogens is 388 g/mol. The molecule has 0 saturated carbocycles. The summed E-state index contributed by atoms with van der Waals surface area (Å²) < 4.78 is 5.63. The Hall–Kier alpha value is -1.79. The van der Waals surface area contributed by atoms with Gasteiger partial charge in [0.1, 0.15) is 0 Å². The highest BCUT2D eigenvalue weighted by Gasteiger charge is 2.35. The summed E-state index contributed by atoms with van der Waals surface area (Å²) in [4.78, 5) is 18.9. The second-order valence-electron chi connectivity index (χ2n) is 7.92. The van der Waals surface area contributed by atoms with Crippen LogP contribution in [0.3, 0.4) is 0 Å². The lowest BCUT2D eigenvalue weighted by Crippen LogP contribution is -2.46. The fraction of sp³-hybridized carbons (Fsp3) is 0.636. The number of likely N-dealkylation sites (tertiary alicyclic amines) is 1. The second-order valence-corrected chi connectivity index (χ2v) is 8.36. The Balaban J connectivity index is 1.72. The highest BCUT2D eigenvalue weighted by molar-refractivity contribution is 6.30. The quantitative estimate of drug-likeness (QED) is 0.548. The fourth-order valence-electron chi connectivity index (χ4n) is 4.19. The largest absolute Gasteiger partial charge is 0.381 e. The van der Waals surface area contributed by atoms with Crippen LogP contribution >= 0.6 is 11.6 Å². The van der Waals surface area contributed by atoms with E-state index in [1.54, 1.807) is 0 Å². The molecule has 2 aliphatic heterocycles. The minimum Gasteiger partial charge on any atom is -0.381 e. The Kier molecular flexibility index (Phi) is 7.78. The third-order valence-corrected chi connectivity index (χ3v) is 6.19. The number of amides is 1. The molecule has 7 heteroatoms. The number of rotatable bonds is 6. The zero-order valence-electron chi connectivity index (χ0n) is 17.5. The van der Waals surface area contributed by atoms with E-state index in [1.165, 1.54) is 5.56 Å². The van der Waals surface area contributed by atoms with Crippen molar-refractivity contribution in [2.75, 3.05) is 39.4 Å². The van der Waals surface area contributed by atoms with Crippen molar-refractivity contribution in [3.63, 3.8) is 0 Å². The molecule has 160 valence electrons. The highest BCUT2D eigenvalue weighted by atomic mass is 35.5. The van der Waals surface area contributed by atoms with Crippen molar-refractivity contribution in [1.29, 1.82) is 0 Å². The van der Waals surface area contributed by atoms with E-state index >= 15 is 0 Å². The maximum atomic E-state index is 12.0. The summed E-state index contributed by atoms with van der Waals surface area (Å²) in [5, 5.41) is 7.66. The van der Waals surface area contributed by atoms with E-state index in [0.29, 0.717) is 13.0 Å². The zero-order valence-corrected chi connectivity index (χ0v) is 18.3. The first-order chi connectivity index (χ1) is 14.1. The van der Waals surface area contributed by atoms with E-state index in [2.05, 4.69) is 29.7 Å². The van der Waals surface area contributed by atoms with Gasteiger partial charge in [0.25, 0.3) is 0 Å². The second kappa shape index (κ2) is 10.3. The van der Waals surface area contributed by atoms with E-state index < -0.39 is 0 Å². The number of carbonyl (C=O) groups is 1. The Morgan fingerprint density at radius 2 is 2.14 bits per heavy atom. The van der Waals surface area contributed by atoms with Gasteiger partial charge in [0.15, 0.2) is 5.96 Å². The third kappa shape index (κ3) is 5.64. The number of carbonyl (C=O) groups excluding carboxylic acids is 1. The zero-order chi connectivity index (χ0) is 20.7. The minimum absolute atomic E-state index is 0.0641. The van der Waals surface area contributed by atoms with Gasteiger partial charge in [-0.05, 0) is 43.9 Å². The Morgan fingerprint density at radius 3 is 2.83 bits per heavy atom. The lowest BCUT2D eigenvalue weighted by Gasteiger charge is -2.37. The van der Waals surface area contributed by atoms with Gasteiger partial charge in [-0.1, -0.05) is 30.7 Å². The maximum absolute atomic E-state index is 12.0. The van der Waals surface area contributed by atoms with Crippen molar-refractivity contribution in [2.45, 2.75) is 51.0 Å². The van der Waals surface area contributed by atoms with Gasteiger partial charge >= 0.3 is 0 Å². The van der Waals surface area contributed by atoms with Crippen molar-refractivity contribution in [3.8, 4) is 0 Å². The van der Waals surface area contributed by atoms with Crippen LogP contribution in [0.4, 0.5) is 0 Å². The number of benzene rings is 1. The number of hydrogen-bond acceptors (Lipinski definition) is 3. The minimum atomic E-state index is -0.0641. The Morgan fingerprint density at radius 1 is 1.34 bits per heavy atom. The fourth-order valence-corrected chi connectivity index (χ4v) is 4.38. The topological polar surface area (TPSA) is 66.0 Å². The van der Waals surface area contributed by atoms with Crippen LogP contribution in [0.1, 0.15) is 45.1 Å². The van der Waals surface area contributed by atoms with Crippen molar-refractivity contribution >= 4 is 23.5 Å². The first-order valence-corrected chi connectivity index (χ1v) is 11.1. The summed E-state index contributed by atoms with van der Waals surface area (Å²) in [6, 6.07) is 8.38. The molecular formula is C22H33ClN4O2. The van der Waals surface area contributed by atoms with Crippen LogP contribution in [0.25, 0.3) is 0 Å². The van der Waals surface area contributed by atoms with Crippen molar-refractivity contribution in [2.24, 2.45) is 4.99 Å². The van der Waals surface area contributed by atoms with Crippen LogP contribution < -0.4 is 10.6 Å². The van der Waals surface area contributed by atoms with Gasteiger partial charge in [-0.2, -0.15) is 0 Å². The molecule has 0 aliphatic carbocycles. The van der Waals surface area contributed by atoms with Gasteiger partial charge in [0.05, 0.1) is 6.54 Å². The predicted molar refractivity (Wildman–Crippen MR) is 118 cm³/mol. The molecule has 1 unspecified atom stereocenters. The van der Waals surface area contributed by atoms with Gasteiger partial charge in [0.2, 0.25) is 5.91 Å². The SMILES string of the molecule is CCNC(=NCC1(c2cccc(Cl)c2)CCOCC1)NC1CCN(C(=O)CC)C1. The molecule has 2 N–H and O–H groups in total. The molecule has 1 aromatic carbocycles. The van der Waals surface area contributed by atoms with E-state index in [4.69, 9.17) is 21.3 Å². The molecule has 2 fully saturated rings. The summed E-state index contributed by atoms with van der Waals surface area (Å²) >= 11 is 6.28. The normalized spacial score (nSPS) is 21.8. The molecule has 0 aromatic heterocycles. The average Bonchev–Trinajstić information content (AvgIpc) is 3.21. The molecule has 0 spiro atoms. The van der Waals surface area contributed by atoms with Crippen LogP contribution in [0.5, 0.6) is 0 Å². The Labute approximate surface area is 179 Å². The van der Waals surface area contributed by atoms with E-state index in [0.717, 1.165) is 63.1 Å². The van der Waals surface area contributed by atoms with Gasteiger partial charge in [-0.15, -0.1) is 0 Å². The van der Waals surface area contributed by atoms with E-state index in [-0.39, 0.29) is 17.4 Å². The smallest absolute Gasteiger partial charge is 0.222 e. The first-order valence-electron chi connectivity index (χ1n) is 10.7. The number of aliphatic imine (C=N–C) groups is 1. The summed E-state index contributed by atoms with van der Waals surface area (Å²) in [7, 11) is 0. The molecule has 1 atom stereocenters. The molecule has 2 saturated heterocycles. The highest BCUT2D eigenvalue weighted by Crippen LogP contribution is 2.36. The number of nitrogens with zero attached hydrogens (tertiary/aromatic N) is 2. The molecule has 29 heavy (non-hydrogen) atoms. The molecule has 6 nitrogen and oxygen atoms in total. The monoisotopic (exact) mass is 420 g/mol. The van der Waals surface area contributed by atoms with Gasteiger partial charge in [0, 0.05) is 55.7 Å². The number of ether oxygens (including phenoxy) is 1. The number of nitrogens with one attached hydrogen (secondary N) is 2. The molecule has 2 aliphatic rings. The summed E-state index contributed by atoms with van der Waals surface area (Å²) in [6.07, 6.45) is 3.37. The number of hydrogen-bond donors (Lipinski definition) is 2. The van der Waals surface area contributed by atoms with Crippen LogP contribution in [-0.2, 0) is 14.9 Å². The third-order valence-electron chi connectivity index (χ3n) is 5.96. The summed E-state index contributed by atoms with van der Waals surface area (Å²) in [6.45, 7) is 8.49. The van der Waals surface area contributed by atoms with Crippen molar-refractivity contribution in [1.82, 2.24) is 15.5 Å². The molecule has 3 rings (SSSR count). The van der Waals surface area contributed by atoms with Crippen LogP contribution in [0, 0.1) is 0 Å². The molecule has 1 aromatic rings. The Bertz CT molecular complexity index is 719. The van der Waals surface area contributed by atoms with Gasteiger partial charge in [-0.3, -0.25) is 9.79 Å². The van der Waals surface area contributed by atoms with Gasteiger partial charge < -0.3 is 20.3 Å². The average molecular weight is 421 g/mol. The predicted octanol–water partition coefficient (Wildman–Crippen LogP) is 2.95. The van der Waals surface area contributed by atoms with Crippen LogP contribution in [-0.4, -0.2) is 62.2 Å². The molecule has 2 heterocycles. The molecule has 1 amide bonds. The lowest BCUT2D eigenvalue weighted by atomic mass is 9.74. The number of halogens is 1. The maximum Gasteiger partial charge on any atom is 0.222 e. The first kappa shape index (κ1) is 21.9. The molecule has 0 radical (unpaired) electrons.